The summed E-state index contributed by atoms with van der Waals surface area (Å²) >= 11 is 3.43. The van der Waals surface area contributed by atoms with Crippen LogP contribution in [0, 0.1) is 6.92 Å². The smallest absolute Gasteiger partial charge is 0.255 e. The summed E-state index contributed by atoms with van der Waals surface area (Å²) in [6.45, 7) is 4.31. The molecular weight excluding hydrogens is 456 g/mol. The number of benzene rings is 2. The molecule has 1 heterocycles. The van der Waals surface area contributed by atoms with Gasteiger partial charge in [-0.15, -0.1) is 0 Å². The van der Waals surface area contributed by atoms with E-state index in [0.717, 1.165) is 29.3 Å². The summed E-state index contributed by atoms with van der Waals surface area (Å²) in [5, 5.41) is 2.82. The molecule has 2 aromatic rings. The van der Waals surface area contributed by atoms with Crippen LogP contribution < -0.4 is 10.1 Å². The molecule has 1 unspecified atom stereocenters. The summed E-state index contributed by atoms with van der Waals surface area (Å²) in [6, 6.07) is 9.90. The summed E-state index contributed by atoms with van der Waals surface area (Å²) in [5.74, 6) is -0.142. The van der Waals surface area contributed by atoms with Crippen molar-refractivity contribution in [3.05, 3.63) is 52.0 Å². The highest BCUT2D eigenvalue weighted by Crippen LogP contribution is 2.32. The molecule has 3 rings (SSSR count). The van der Waals surface area contributed by atoms with Gasteiger partial charge in [-0.1, -0.05) is 22.4 Å². The first kappa shape index (κ1) is 21.8. The number of rotatable bonds is 5. The summed E-state index contributed by atoms with van der Waals surface area (Å²) in [4.78, 5) is 12.8. The first-order valence-electron chi connectivity index (χ1n) is 9.51. The lowest BCUT2D eigenvalue weighted by atomic mass is 10.1. The van der Waals surface area contributed by atoms with E-state index < -0.39 is 10.0 Å². The van der Waals surface area contributed by atoms with Gasteiger partial charge in [-0.2, -0.15) is 4.31 Å². The van der Waals surface area contributed by atoms with Gasteiger partial charge in [0.15, 0.2) is 0 Å². The maximum Gasteiger partial charge on any atom is 0.255 e. The van der Waals surface area contributed by atoms with E-state index in [-0.39, 0.29) is 28.2 Å². The molecule has 1 aliphatic rings. The highest BCUT2D eigenvalue weighted by molar-refractivity contribution is 9.10. The first-order valence-corrected chi connectivity index (χ1v) is 11.7. The zero-order valence-corrected chi connectivity index (χ0v) is 19.1. The fourth-order valence-corrected chi connectivity index (χ4v) is 5.63. The molecule has 29 heavy (non-hydrogen) atoms. The lowest BCUT2D eigenvalue weighted by molar-refractivity contribution is 0.102. The van der Waals surface area contributed by atoms with Crippen LogP contribution in [0.5, 0.6) is 5.75 Å². The molecule has 1 atom stereocenters. The number of halogens is 1. The summed E-state index contributed by atoms with van der Waals surface area (Å²) < 4.78 is 34.4. The van der Waals surface area contributed by atoms with Crippen LogP contribution in [0.4, 0.5) is 5.69 Å². The van der Waals surface area contributed by atoms with Crippen molar-refractivity contribution in [3.8, 4) is 5.75 Å². The maximum absolute atomic E-state index is 13.3. The SMILES string of the molecule is COc1ccc(C(=O)Nc2ccc(Br)c(C)c2)cc1S(=O)(=O)N1CCCCC1C. The number of nitrogens with one attached hydrogen (secondary N) is 1. The molecule has 8 heteroatoms. The van der Waals surface area contributed by atoms with E-state index in [1.807, 2.05) is 26.0 Å². The molecular formula is C21H25BrN2O4S. The molecule has 0 saturated carbocycles. The normalized spacial score (nSPS) is 17.7. The maximum atomic E-state index is 13.3. The van der Waals surface area contributed by atoms with Gasteiger partial charge in [0.1, 0.15) is 10.6 Å². The third-order valence-electron chi connectivity index (χ3n) is 5.17. The fraction of sp³-hybridized carbons (Fsp3) is 0.381. The highest BCUT2D eigenvalue weighted by Gasteiger charge is 2.33. The van der Waals surface area contributed by atoms with Crippen LogP contribution in [0.15, 0.2) is 45.8 Å². The standard InChI is InChI=1S/C21H25BrN2O4S/c1-14-12-17(8-9-18(14)22)23-21(25)16-7-10-19(28-3)20(13-16)29(26,27)24-11-5-4-6-15(24)2/h7-10,12-13,15H,4-6,11H2,1-3H3,(H,23,25). The van der Waals surface area contributed by atoms with Gasteiger partial charge in [0.2, 0.25) is 10.0 Å². The van der Waals surface area contributed by atoms with Crippen LogP contribution in [-0.2, 0) is 10.0 Å². The Kier molecular flexibility index (Phi) is 6.65. The van der Waals surface area contributed by atoms with Gasteiger partial charge in [-0.05, 0) is 68.7 Å². The number of amides is 1. The number of hydrogen-bond donors (Lipinski definition) is 1. The molecule has 1 aliphatic heterocycles. The quantitative estimate of drug-likeness (QED) is 0.679. The Morgan fingerprint density at radius 3 is 2.62 bits per heavy atom. The van der Waals surface area contributed by atoms with Gasteiger partial charge in [0, 0.05) is 28.3 Å². The van der Waals surface area contributed by atoms with Crippen LogP contribution >= 0.6 is 15.9 Å². The van der Waals surface area contributed by atoms with Gasteiger partial charge in [-0.25, -0.2) is 8.42 Å². The largest absolute Gasteiger partial charge is 0.495 e. The Morgan fingerprint density at radius 1 is 1.21 bits per heavy atom. The second-order valence-corrected chi connectivity index (χ2v) is 9.96. The van der Waals surface area contributed by atoms with Crippen LogP contribution in [-0.4, -0.2) is 38.3 Å². The van der Waals surface area contributed by atoms with Gasteiger partial charge in [0.05, 0.1) is 7.11 Å². The molecule has 0 bridgehead atoms. The first-order chi connectivity index (χ1) is 13.7. The Morgan fingerprint density at radius 2 is 1.97 bits per heavy atom. The molecule has 1 amide bonds. The molecule has 0 aliphatic carbocycles. The van der Waals surface area contributed by atoms with Gasteiger partial charge in [0.25, 0.3) is 5.91 Å². The number of methoxy groups -OCH3 is 1. The van der Waals surface area contributed by atoms with E-state index in [0.29, 0.717) is 12.2 Å². The number of piperidine rings is 1. The summed E-state index contributed by atoms with van der Waals surface area (Å²) in [6.07, 6.45) is 2.67. The van der Waals surface area contributed by atoms with Crippen molar-refractivity contribution in [1.29, 1.82) is 0 Å². The number of carbonyl (C=O) groups is 1. The van der Waals surface area contributed by atoms with E-state index in [9.17, 15) is 13.2 Å². The van der Waals surface area contributed by atoms with Gasteiger partial charge < -0.3 is 10.1 Å². The lowest BCUT2D eigenvalue weighted by Gasteiger charge is -2.32. The van der Waals surface area contributed by atoms with Crippen molar-refractivity contribution in [3.63, 3.8) is 0 Å². The lowest BCUT2D eigenvalue weighted by Crippen LogP contribution is -2.42. The second kappa shape index (κ2) is 8.85. The van der Waals surface area contributed by atoms with Gasteiger partial charge in [-0.3, -0.25) is 4.79 Å². The Hall–Kier alpha value is -1.90. The van der Waals surface area contributed by atoms with Crippen molar-refractivity contribution in [2.45, 2.75) is 44.0 Å². The van der Waals surface area contributed by atoms with Crippen LogP contribution in [0.3, 0.4) is 0 Å². The van der Waals surface area contributed by atoms with Crippen molar-refractivity contribution in [2.75, 3.05) is 19.0 Å². The number of aryl methyl sites for hydroxylation is 1. The van der Waals surface area contributed by atoms with Crippen molar-refractivity contribution >= 4 is 37.5 Å². The van der Waals surface area contributed by atoms with Crippen LogP contribution in [0.25, 0.3) is 0 Å². The minimum absolute atomic E-state index is 0.0217. The predicted octanol–water partition coefficient (Wildman–Crippen LogP) is 4.58. The topological polar surface area (TPSA) is 75.7 Å². The molecule has 0 spiro atoms. The Balaban J connectivity index is 1.94. The van der Waals surface area contributed by atoms with E-state index in [1.54, 1.807) is 12.1 Å². The zero-order chi connectivity index (χ0) is 21.2. The number of hydrogen-bond acceptors (Lipinski definition) is 4. The van der Waals surface area contributed by atoms with Crippen molar-refractivity contribution in [2.24, 2.45) is 0 Å². The van der Waals surface area contributed by atoms with Crippen molar-refractivity contribution in [1.82, 2.24) is 4.31 Å². The van der Waals surface area contributed by atoms with E-state index in [2.05, 4.69) is 21.2 Å². The average molecular weight is 481 g/mol. The third kappa shape index (κ3) is 4.65. The van der Waals surface area contributed by atoms with E-state index in [4.69, 9.17) is 4.74 Å². The fourth-order valence-electron chi connectivity index (χ4n) is 3.50. The average Bonchev–Trinajstić information content (AvgIpc) is 2.70. The molecule has 2 aromatic carbocycles. The van der Waals surface area contributed by atoms with Crippen molar-refractivity contribution < 1.29 is 17.9 Å². The highest BCUT2D eigenvalue weighted by atomic mass is 79.9. The molecule has 1 saturated heterocycles. The number of nitrogens with zero attached hydrogens (tertiary/aromatic N) is 1. The minimum atomic E-state index is -3.77. The predicted molar refractivity (Wildman–Crippen MR) is 117 cm³/mol. The number of anilines is 1. The Labute approximate surface area is 180 Å². The monoisotopic (exact) mass is 480 g/mol. The molecule has 1 fully saturated rings. The molecule has 6 nitrogen and oxygen atoms in total. The molecule has 156 valence electrons. The van der Waals surface area contributed by atoms with Crippen LogP contribution in [0.1, 0.15) is 42.1 Å². The van der Waals surface area contributed by atoms with E-state index in [1.165, 1.54) is 23.5 Å². The Bertz CT molecular complexity index is 1020. The summed E-state index contributed by atoms with van der Waals surface area (Å²) in [7, 11) is -2.34. The molecule has 0 radical (unpaired) electrons. The van der Waals surface area contributed by atoms with E-state index >= 15 is 0 Å². The second-order valence-electron chi connectivity index (χ2n) is 7.24. The third-order valence-corrected chi connectivity index (χ3v) is 8.09. The minimum Gasteiger partial charge on any atom is -0.495 e. The molecule has 0 aromatic heterocycles. The van der Waals surface area contributed by atoms with Crippen LogP contribution in [0.2, 0.25) is 0 Å². The summed E-state index contributed by atoms with van der Waals surface area (Å²) in [5.41, 5.74) is 1.88. The molecule has 1 N–H and O–H groups in total. The number of sulfonamides is 1. The number of carbonyl (C=O) groups excluding carboxylic acids is 1. The number of ether oxygens (including phenoxy) is 1. The zero-order valence-electron chi connectivity index (χ0n) is 16.7. The van der Waals surface area contributed by atoms with Gasteiger partial charge >= 0.3 is 0 Å².